The van der Waals surface area contributed by atoms with Crippen LogP contribution < -0.4 is 23.7 Å². The number of hydrogen-bond donors (Lipinski definition) is 1. The van der Waals surface area contributed by atoms with E-state index in [1.165, 1.54) is 14.2 Å². The molecule has 1 N–H and O–H groups in total. The Morgan fingerprint density at radius 3 is 2.37 bits per heavy atom. The molecule has 0 spiro atoms. The first-order valence-electron chi connectivity index (χ1n) is 17.3. The van der Waals surface area contributed by atoms with E-state index < -0.39 is 72.7 Å². The lowest BCUT2D eigenvalue weighted by molar-refractivity contribution is -0.340. The maximum absolute atomic E-state index is 13.7. The first-order chi connectivity index (χ1) is 25.0. The molecule has 16 heteroatoms. The molecule has 5 aliphatic heterocycles. The molecule has 0 saturated carbocycles. The highest BCUT2D eigenvalue weighted by Gasteiger charge is 2.55. The van der Waals surface area contributed by atoms with E-state index in [0.29, 0.717) is 34.6 Å². The Hall–Kier alpha value is -3.90. The fourth-order valence-corrected chi connectivity index (χ4v) is 7.91. The Morgan fingerprint density at radius 2 is 1.67 bits per heavy atom. The van der Waals surface area contributed by atoms with Gasteiger partial charge < -0.3 is 66.7 Å². The molecule has 8 rings (SSSR count). The predicted octanol–water partition coefficient (Wildman–Crippen LogP) is 3.33. The Bertz CT molecular complexity index is 1670. The van der Waals surface area contributed by atoms with E-state index >= 15 is 0 Å². The lowest BCUT2D eigenvalue weighted by Gasteiger charge is -2.45. The minimum Gasteiger partial charge on any atom is -0.493 e. The number of aliphatic hydroxyl groups is 1. The Balaban J connectivity index is 1.11. The molecule has 0 amide bonds. The van der Waals surface area contributed by atoms with E-state index in [0.717, 1.165) is 0 Å². The number of fused-ring (bicyclic) bond motifs is 4. The van der Waals surface area contributed by atoms with Crippen molar-refractivity contribution in [3.8, 4) is 28.7 Å². The van der Waals surface area contributed by atoms with Gasteiger partial charge in [0.25, 0.3) is 0 Å². The highest BCUT2D eigenvalue weighted by molar-refractivity contribution is 5.79. The number of methoxy groups -OCH3 is 2. The van der Waals surface area contributed by atoms with Crippen molar-refractivity contribution in [2.24, 2.45) is 11.8 Å². The van der Waals surface area contributed by atoms with Crippen LogP contribution in [-0.4, -0.2) is 107 Å². The molecule has 16 nitrogen and oxygen atoms in total. The second-order valence-corrected chi connectivity index (χ2v) is 14.0. The van der Waals surface area contributed by atoms with Crippen LogP contribution in [0.25, 0.3) is 0 Å². The maximum atomic E-state index is 13.7. The Morgan fingerprint density at radius 1 is 0.942 bits per heavy atom. The van der Waals surface area contributed by atoms with Crippen LogP contribution in [0.2, 0.25) is 0 Å². The summed E-state index contributed by atoms with van der Waals surface area (Å²) in [5, 5.41) is 11.2. The smallest absolute Gasteiger partial charge is 0.493 e. The molecular weight excluding hydrogens is 688 g/mol. The molecule has 0 aromatic heterocycles. The monoisotopic (exact) mass is 730 g/mol. The SMILES string of the molecule is COc1cc(C2c3cc4c(cc3C(OC3OC5COC(C)OC5CC3O)C3COC(=O)[C@H]23)OCO4)cc(OC)c1OC(=O)OCC1COC(C)(C)O1. The highest BCUT2D eigenvalue weighted by atomic mass is 16.8. The van der Waals surface area contributed by atoms with E-state index in [2.05, 4.69) is 0 Å². The summed E-state index contributed by atoms with van der Waals surface area (Å²) in [6.45, 7) is 5.90. The summed E-state index contributed by atoms with van der Waals surface area (Å²) in [7, 11) is 2.85. The molecule has 9 unspecified atom stereocenters. The molecular formula is C36H42O16. The molecule has 4 saturated heterocycles. The van der Waals surface area contributed by atoms with Gasteiger partial charge in [0.1, 0.15) is 24.9 Å². The van der Waals surface area contributed by atoms with Crippen molar-refractivity contribution in [2.45, 2.75) is 82.0 Å². The van der Waals surface area contributed by atoms with Gasteiger partial charge in [-0.15, -0.1) is 0 Å². The van der Waals surface area contributed by atoms with Crippen LogP contribution in [-0.2, 0) is 42.7 Å². The lowest BCUT2D eigenvalue weighted by atomic mass is 9.66. The van der Waals surface area contributed by atoms with Gasteiger partial charge in [0.15, 0.2) is 41.4 Å². The molecule has 52 heavy (non-hydrogen) atoms. The van der Waals surface area contributed by atoms with E-state index in [9.17, 15) is 14.7 Å². The van der Waals surface area contributed by atoms with Gasteiger partial charge in [-0.1, -0.05) is 0 Å². The fourth-order valence-electron chi connectivity index (χ4n) is 7.91. The molecule has 2 aromatic rings. The van der Waals surface area contributed by atoms with E-state index in [4.69, 9.17) is 61.6 Å². The van der Waals surface area contributed by atoms with Gasteiger partial charge in [0.2, 0.25) is 12.5 Å². The van der Waals surface area contributed by atoms with Gasteiger partial charge in [-0.25, -0.2) is 4.79 Å². The number of esters is 1. The zero-order chi connectivity index (χ0) is 36.3. The molecule has 2 aromatic carbocycles. The number of carbonyl (C=O) groups excluding carboxylic acids is 2. The molecule has 4 fully saturated rings. The average molecular weight is 731 g/mol. The van der Waals surface area contributed by atoms with Crippen LogP contribution >= 0.6 is 0 Å². The number of aliphatic hydroxyl groups excluding tert-OH is 1. The Kier molecular flexibility index (Phi) is 9.34. The largest absolute Gasteiger partial charge is 0.514 e. The summed E-state index contributed by atoms with van der Waals surface area (Å²) >= 11 is 0. The average Bonchev–Trinajstić information content (AvgIpc) is 3.84. The van der Waals surface area contributed by atoms with Gasteiger partial charge in [0, 0.05) is 18.3 Å². The van der Waals surface area contributed by atoms with Crippen LogP contribution in [0.3, 0.4) is 0 Å². The molecule has 6 aliphatic rings. The van der Waals surface area contributed by atoms with Gasteiger partial charge in [-0.2, -0.15) is 0 Å². The van der Waals surface area contributed by atoms with Crippen molar-refractivity contribution >= 4 is 12.1 Å². The normalized spacial score (nSPS) is 34.1. The van der Waals surface area contributed by atoms with E-state index in [-0.39, 0.29) is 56.6 Å². The summed E-state index contributed by atoms with van der Waals surface area (Å²) in [4.78, 5) is 26.5. The van der Waals surface area contributed by atoms with Crippen LogP contribution in [0.1, 0.15) is 55.9 Å². The number of ether oxygens (including phenoxy) is 13. The van der Waals surface area contributed by atoms with Crippen molar-refractivity contribution in [3.63, 3.8) is 0 Å². The summed E-state index contributed by atoms with van der Waals surface area (Å²) in [6, 6.07) is 7.03. The summed E-state index contributed by atoms with van der Waals surface area (Å²) in [6.07, 6.45) is -5.12. The van der Waals surface area contributed by atoms with E-state index in [1.54, 1.807) is 32.9 Å². The van der Waals surface area contributed by atoms with E-state index in [1.807, 2.05) is 12.1 Å². The minimum absolute atomic E-state index is 0.0112. The first kappa shape index (κ1) is 35.1. The highest BCUT2D eigenvalue weighted by Crippen LogP contribution is 2.57. The third-order valence-corrected chi connectivity index (χ3v) is 10.3. The number of hydrogen-bond acceptors (Lipinski definition) is 16. The second kappa shape index (κ2) is 13.8. The van der Waals surface area contributed by atoms with Crippen molar-refractivity contribution in [1.82, 2.24) is 0 Å². The minimum atomic E-state index is -1.03. The van der Waals surface area contributed by atoms with Crippen molar-refractivity contribution in [2.75, 3.05) is 47.4 Å². The second-order valence-electron chi connectivity index (χ2n) is 14.0. The summed E-state index contributed by atoms with van der Waals surface area (Å²) < 4.78 is 75.1. The number of cyclic esters (lactones) is 1. The number of benzene rings is 2. The van der Waals surface area contributed by atoms with Crippen LogP contribution in [0.15, 0.2) is 24.3 Å². The zero-order valence-electron chi connectivity index (χ0n) is 29.4. The van der Waals surface area contributed by atoms with Crippen molar-refractivity contribution in [3.05, 3.63) is 41.0 Å². The van der Waals surface area contributed by atoms with Gasteiger partial charge in [0.05, 0.1) is 52.2 Å². The van der Waals surface area contributed by atoms with Gasteiger partial charge >= 0.3 is 12.1 Å². The zero-order valence-corrected chi connectivity index (χ0v) is 29.4. The molecule has 0 bridgehead atoms. The number of rotatable bonds is 8. The standard InChI is InChI=1S/C36H42O16/c1-16-42-14-28-25(48-16)10-22(37)34(49-28)50-31-20-9-24-23(45-15-46-24)8-19(20)29(30-21(31)13-43-33(30)38)17-6-26(40-4)32(27(7-17)41-5)51-35(39)44-11-18-12-47-36(2,3)52-18/h6-9,16,18,21-22,25,28-31,34,37H,10-15H2,1-5H3/t16?,18?,21?,22?,25?,28?,29?,30-,31?,34?/m0/s1. The lowest BCUT2D eigenvalue weighted by Crippen LogP contribution is -2.55. The quantitative estimate of drug-likeness (QED) is 0.309. The van der Waals surface area contributed by atoms with Crippen molar-refractivity contribution in [1.29, 1.82) is 0 Å². The first-order valence-corrected chi connectivity index (χ1v) is 17.3. The molecule has 1 aliphatic carbocycles. The third kappa shape index (κ3) is 6.50. The number of carbonyl (C=O) groups is 2. The maximum Gasteiger partial charge on any atom is 0.514 e. The topological polar surface area (TPSA) is 174 Å². The van der Waals surface area contributed by atoms with Crippen LogP contribution in [0.5, 0.6) is 28.7 Å². The van der Waals surface area contributed by atoms with Crippen LogP contribution in [0, 0.1) is 11.8 Å². The Labute approximate surface area is 299 Å². The fraction of sp³-hybridized carbons (Fsp3) is 0.611. The molecule has 5 heterocycles. The van der Waals surface area contributed by atoms with Gasteiger partial charge in [-0.05, 0) is 61.7 Å². The predicted molar refractivity (Wildman–Crippen MR) is 172 cm³/mol. The molecule has 0 radical (unpaired) electrons. The summed E-state index contributed by atoms with van der Waals surface area (Å²) in [5.74, 6) is -1.72. The molecule has 282 valence electrons. The molecule has 10 atom stereocenters. The van der Waals surface area contributed by atoms with Crippen LogP contribution in [0.4, 0.5) is 4.79 Å². The third-order valence-electron chi connectivity index (χ3n) is 10.3. The van der Waals surface area contributed by atoms with Crippen molar-refractivity contribution < 1.29 is 76.3 Å². The summed E-state index contributed by atoms with van der Waals surface area (Å²) in [5.41, 5.74) is 2.03. The van der Waals surface area contributed by atoms with Gasteiger partial charge in [-0.3, -0.25) is 4.79 Å².